The highest BCUT2D eigenvalue weighted by atomic mass is 16.5. The molecule has 0 N–H and O–H groups in total. The summed E-state index contributed by atoms with van der Waals surface area (Å²) >= 11 is 0. The van der Waals surface area contributed by atoms with Crippen LogP contribution in [-0.4, -0.2) is 27.5 Å². The Morgan fingerprint density at radius 1 is 0.586 bits per heavy atom. The third-order valence-electron chi connectivity index (χ3n) is 6.42. The van der Waals surface area contributed by atoms with E-state index in [4.69, 9.17) is 14.2 Å². The van der Waals surface area contributed by atoms with Gasteiger partial charge >= 0.3 is 0 Å². The average Bonchev–Trinajstić information content (AvgIpc) is 2.80. The Bertz CT molecular complexity index is 787. The van der Waals surface area contributed by atoms with Gasteiger partial charge < -0.3 is 14.2 Å². The Kier molecular flexibility index (Phi) is 6.53. The Hall–Kier alpha value is -2.88. The minimum Gasteiger partial charge on any atom is -0.497 e. The van der Waals surface area contributed by atoms with Crippen LogP contribution in [0, 0.1) is 0 Å². The summed E-state index contributed by atoms with van der Waals surface area (Å²) in [4.78, 5) is 0. The van der Waals surface area contributed by atoms with Gasteiger partial charge in [-0.1, -0.05) is 56.7 Å². The van der Waals surface area contributed by atoms with E-state index in [1.54, 1.807) is 21.3 Å². The Labute approximate surface area is 174 Å². The molecule has 1 atom stereocenters. The van der Waals surface area contributed by atoms with E-state index < -0.39 is 6.15 Å². The van der Waals surface area contributed by atoms with Crippen LogP contribution in [-0.2, 0) is 0 Å². The molecule has 0 saturated carbocycles. The lowest BCUT2D eigenvalue weighted by Gasteiger charge is -2.48. The fourth-order valence-corrected chi connectivity index (χ4v) is 4.64. The Balaban J connectivity index is 2.30. The zero-order chi connectivity index (χ0) is 20.9. The highest BCUT2D eigenvalue weighted by Gasteiger charge is 2.34. The molecule has 4 heteroatoms. The first-order chi connectivity index (χ1) is 14.1. The fraction of sp³-hybridized carbons (Fsp3) is 0.280. The topological polar surface area (TPSA) is 27.7 Å². The molecule has 0 heterocycles. The van der Waals surface area contributed by atoms with Gasteiger partial charge in [0.25, 0.3) is 0 Å². The van der Waals surface area contributed by atoms with E-state index >= 15 is 0 Å². The van der Waals surface area contributed by atoms with E-state index in [2.05, 4.69) is 86.6 Å². The summed E-state index contributed by atoms with van der Waals surface area (Å²) in [5.74, 6) is 3.02. The van der Waals surface area contributed by atoms with E-state index in [0.29, 0.717) is 5.82 Å². The second-order valence-corrected chi connectivity index (χ2v) is 7.64. The quantitative estimate of drug-likeness (QED) is 0.546. The van der Waals surface area contributed by atoms with Crippen molar-refractivity contribution in [3.63, 3.8) is 0 Å². The van der Waals surface area contributed by atoms with Crippen LogP contribution in [0.1, 0.15) is 20.3 Å². The monoisotopic (exact) mass is 389 g/mol. The van der Waals surface area contributed by atoms with Crippen molar-refractivity contribution < 1.29 is 14.2 Å². The number of rotatable bonds is 8. The van der Waals surface area contributed by atoms with Gasteiger partial charge in [-0.2, -0.15) is 22.2 Å². The molecular weight excluding hydrogens is 359 g/mol. The largest absolute Gasteiger partial charge is 0.497 e. The number of ether oxygens (including phenoxy) is 3. The second kappa shape index (κ2) is 9.08. The van der Waals surface area contributed by atoms with Crippen LogP contribution in [0.4, 0.5) is 0 Å². The van der Waals surface area contributed by atoms with Gasteiger partial charge in [-0.25, -0.2) is 0 Å². The molecule has 0 radical (unpaired) electrons. The molecule has 1 unspecified atom stereocenters. The predicted molar refractivity (Wildman–Crippen MR) is 123 cm³/mol. The van der Waals surface area contributed by atoms with Crippen LogP contribution in [0.25, 0.3) is 0 Å². The molecule has 3 nitrogen and oxygen atoms in total. The van der Waals surface area contributed by atoms with Crippen molar-refractivity contribution >= 4 is 22.5 Å². The summed E-state index contributed by atoms with van der Waals surface area (Å²) in [5.41, 5.74) is 3.90. The van der Waals surface area contributed by atoms with Crippen molar-refractivity contribution in [1.82, 2.24) is 0 Å². The highest BCUT2D eigenvalue weighted by molar-refractivity contribution is 7.12. The zero-order valence-electron chi connectivity index (χ0n) is 18.0. The number of hydrogen-bond acceptors (Lipinski definition) is 3. The zero-order valence-corrected chi connectivity index (χ0v) is 18.0. The lowest BCUT2D eigenvalue weighted by atomic mass is 9.10. The van der Waals surface area contributed by atoms with Crippen molar-refractivity contribution in [3.8, 4) is 17.2 Å². The van der Waals surface area contributed by atoms with Gasteiger partial charge in [0.2, 0.25) is 0 Å². The average molecular weight is 389 g/mol. The minimum absolute atomic E-state index is 0.421. The minimum atomic E-state index is -1.20. The van der Waals surface area contributed by atoms with E-state index in [1.165, 1.54) is 16.4 Å². The maximum Gasteiger partial charge on any atom is 0.118 e. The first-order valence-corrected chi connectivity index (χ1v) is 10.2. The summed E-state index contributed by atoms with van der Waals surface area (Å²) in [6, 6.07) is 25.6. The number of methoxy groups -OCH3 is 3. The molecule has 0 bridgehead atoms. The lowest BCUT2D eigenvalue weighted by molar-refractivity contribution is 0.415. The van der Waals surface area contributed by atoms with Gasteiger partial charge in [0.05, 0.1) is 27.5 Å². The van der Waals surface area contributed by atoms with Crippen molar-refractivity contribution in [2.24, 2.45) is 0 Å². The van der Waals surface area contributed by atoms with Gasteiger partial charge in [0.1, 0.15) is 17.2 Å². The van der Waals surface area contributed by atoms with Gasteiger partial charge in [0.15, 0.2) is 0 Å². The molecule has 3 rings (SSSR count). The van der Waals surface area contributed by atoms with Crippen LogP contribution in [0.3, 0.4) is 0 Å². The molecule has 3 aromatic carbocycles. The number of benzene rings is 3. The maximum absolute atomic E-state index is 5.41. The van der Waals surface area contributed by atoms with Gasteiger partial charge in [0, 0.05) is 0 Å². The Morgan fingerprint density at radius 2 is 0.862 bits per heavy atom. The summed E-state index contributed by atoms with van der Waals surface area (Å²) in [5, 5.41) is 0. The first-order valence-electron chi connectivity index (χ1n) is 10.2. The molecule has 152 valence electrons. The van der Waals surface area contributed by atoms with Crippen molar-refractivity contribution in [2.75, 3.05) is 21.3 Å². The SMILES string of the molecule is CCC(C)[B-](c1ccc(OC)cc1)(c1ccc(OC)cc1)c1ccc(OC)cc1. The maximum atomic E-state index is 5.41. The smallest absolute Gasteiger partial charge is 0.118 e. The predicted octanol–water partition coefficient (Wildman–Crippen LogP) is 3.98. The molecule has 0 aliphatic rings. The van der Waals surface area contributed by atoms with Crippen LogP contribution in [0.5, 0.6) is 17.2 Å². The first kappa shape index (κ1) is 20.8. The molecule has 0 fully saturated rings. The van der Waals surface area contributed by atoms with Crippen LogP contribution in [0.2, 0.25) is 5.82 Å². The summed E-state index contributed by atoms with van der Waals surface area (Å²) in [6.07, 6.45) is -0.144. The van der Waals surface area contributed by atoms with E-state index in [1.807, 2.05) is 0 Å². The van der Waals surface area contributed by atoms with Crippen LogP contribution >= 0.6 is 0 Å². The van der Waals surface area contributed by atoms with Crippen molar-refractivity contribution in [1.29, 1.82) is 0 Å². The third-order valence-corrected chi connectivity index (χ3v) is 6.42. The highest BCUT2D eigenvalue weighted by Crippen LogP contribution is 2.27. The number of hydrogen-bond donors (Lipinski definition) is 0. The summed E-state index contributed by atoms with van der Waals surface area (Å²) in [6.45, 7) is 4.61. The van der Waals surface area contributed by atoms with Crippen molar-refractivity contribution in [2.45, 2.75) is 26.1 Å². The molecule has 3 aromatic rings. The lowest BCUT2D eigenvalue weighted by Crippen LogP contribution is -2.69. The molecule has 0 saturated heterocycles. The normalized spacial score (nSPS) is 12.3. The van der Waals surface area contributed by atoms with E-state index in [0.717, 1.165) is 23.7 Å². The molecule has 29 heavy (non-hydrogen) atoms. The fourth-order valence-electron chi connectivity index (χ4n) is 4.64. The summed E-state index contributed by atoms with van der Waals surface area (Å²) < 4.78 is 16.2. The van der Waals surface area contributed by atoms with Gasteiger partial charge in [-0.3, -0.25) is 0 Å². The van der Waals surface area contributed by atoms with E-state index in [-0.39, 0.29) is 0 Å². The van der Waals surface area contributed by atoms with Crippen LogP contribution < -0.4 is 30.6 Å². The van der Waals surface area contributed by atoms with Crippen molar-refractivity contribution in [3.05, 3.63) is 72.8 Å². The summed E-state index contributed by atoms with van der Waals surface area (Å²) in [7, 11) is 5.11. The molecule has 0 spiro atoms. The second-order valence-electron chi connectivity index (χ2n) is 7.64. The molecule has 0 aliphatic carbocycles. The van der Waals surface area contributed by atoms with E-state index in [9.17, 15) is 0 Å². The third kappa shape index (κ3) is 3.84. The molecule has 0 amide bonds. The van der Waals surface area contributed by atoms with Gasteiger partial charge in [-0.05, 0) is 36.4 Å². The van der Waals surface area contributed by atoms with Gasteiger partial charge in [-0.15, -0.1) is 0 Å². The van der Waals surface area contributed by atoms with Crippen LogP contribution in [0.15, 0.2) is 72.8 Å². The molecule has 0 aromatic heterocycles. The molecule has 0 aliphatic heterocycles. The molecular formula is C25H30BO3-. The Morgan fingerprint density at radius 3 is 1.07 bits per heavy atom. The standard InChI is InChI=1S/C25H30BO3/c1-6-19(2)26(20-7-13-23(27-3)14-8-20,21-9-15-24(28-4)16-10-21)22-11-17-25(29-5)18-12-22/h7-19H,6H2,1-5H3/q-1.